The van der Waals surface area contributed by atoms with Gasteiger partial charge in [0.05, 0.1) is 18.7 Å². The van der Waals surface area contributed by atoms with Crippen LogP contribution < -0.4 is 15.8 Å². The summed E-state index contributed by atoms with van der Waals surface area (Å²) in [5.74, 6) is 1.18. The molecule has 0 aliphatic rings. The van der Waals surface area contributed by atoms with E-state index < -0.39 is 0 Å². The summed E-state index contributed by atoms with van der Waals surface area (Å²) in [6.45, 7) is 6.60. The number of rotatable bonds is 5. The van der Waals surface area contributed by atoms with Crippen LogP contribution in [-0.2, 0) is 11.3 Å². The average molecular weight is 375 g/mol. The largest absolute Gasteiger partial charge is 0.464 e. The van der Waals surface area contributed by atoms with Gasteiger partial charge in [-0.05, 0) is 32.9 Å². The van der Waals surface area contributed by atoms with E-state index >= 15 is 0 Å². The Bertz CT molecular complexity index is 967. The second-order valence-electron chi connectivity index (χ2n) is 7.43. The first-order valence-electron chi connectivity index (χ1n) is 8.39. The van der Waals surface area contributed by atoms with Gasteiger partial charge in [0, 0.05) is 16.5 Å². The van der Waals surface area contributed by atoms with Crippen LogP contribution in [0.15, 0.2) is 33.0 Å². The molecule has 0 bridgehead atoms. The van der Waals surface area contributed by atoms with Crippen molar-refractivity contribution in [3.63, 3.8) is 0 Å². The van der Waals surface area contributed by atoms with Crippen molar-refractivity contribution in [1.82, 2.24) is 15.3 Å². The van der Waals surface area contributed by atoms with E-state index in [4.69, 9.17) is 4.42 Å². The normalized spacial score (nSPS) is 13.1. The third kappa shape index (κ3) is 4.20. The molecule has 3 aromatic heterocycles. The minimum atomic E-state index is -0.262. The molecule has 0 aromatic carbocycles. The molecule has 3 heterocycles. The molecule has 1 atom stereocenters. The number of carbonyl (C=O) groups is 1. The van der Waals surface area contributed by atoms with E-state index in [1.54, 1.807) is 12.3 Å². The molecular weight excluding hydrogens is 352 g/mol. The van der Waals surface area contributed by atoms with Crippen molar-refractivity contribution in [1.29, 1.82) is 0 Å². The van der Waals surface area contributed by atoms with Gasteiger partial charge in [-0.15, -0.1) is 11.3 Å². The number of quaternary nitrogens is 1. The lowest BCUT2D eigenvalue weighted by atomic mass is 10.1. The van der Waals surface area contributed by atoms with Crippen LogP contribution in [0, 0.1) is 0 Å². The molecule has 0 spiro atoms. The fourth-order valence-corrected chi connectivity index (χ4v) is 3.72. The molecule has 3 rings (SSSR count). The highest BCUT2D eigenvalue weighted by atomic mass is 32.1. The first-order chi connectivity index (χ1) is 12.2. The van der Waals surface area contributed by atoms with Gasteiger partial charge in [-0.2, -0.15) is 0 Å². The molecule has 1 amide bonds. The quantitative estimate of drug-likeness (QED) is 0.624. The lowest BCUT2D eigenvalue weighted by Gasteiger charge is -2.21. The molecule has 0 aliphatic heterocycles. The Hall–Kier alpha value is -2.45. The summed E-state index contributed by atoms with van der Waals surface area (Å²) in [6, 6.07) is 3.61. The fraction of sp³-hybridized carbons (Fsp3) is 0.389. The van der Waals surface area contributed by atoms with Gasteiger partial charge in [0.2, 0.25) is 0 Å². The Labute approximate surface area is 155 Å². The van der Waals surface area contributed by atoms with Crippen molar-refractivity contribution in [2.75, 3.05) is 13.6 Å². The predicted octanol–water partition coefficient (Wildman–Crippen LogP) is 1.17. The van der Waals surface area contributed by atoms with Crippen LogP contribution in [0.1, 0.15) is 26.6 Å². The minimum absolute atomic E-state index is 0.0327. The van der Waals surface area contributed by atoms with Gasteiger partial charge in [0.1, 0.15) is 17.1 Å². The van der Waals surface area contributed by atoms with Gasteiger partial charge in [0.25, 0.3) is 11.5 Å². The minimum Gasteiger partial charge on any atom is -0.464 e. The van der Waals surface area contributed by atoms with E-state index in [1.165, 1.54) is 11.3 Å². The highest BCUT2D eigenvalue weighted by Gasteiger charge is 2.19. The second-order valence-corrected chi connectivity index (χ2v) is 8.29. The number of aromatic nitrogens is 2. The van der Waals surface area contributed by atoms with Gasteiger partial charge in [-0.1, -0.05) is 0 Å². The number of furan rings is 1. The molecule has 138 valence electrons. The van der Waals surface area contributed by atoms with Crippen LogP contribution in [0.4, 0.5) is 0 Å². The number of likely N-dealkylation sites (N-methyl/N-ethyl adjacent to an activating group) is 1. The molecule has 0 radical (unpaired) electrons. The highest BCUT2D eigenvalue weighted by molar-refractivity contribution is 7.17. The molecule has 3 N–H and O–H groups in total. The number of H-pyrrole nitrogens is 1. The van der Waals surface area contributed by atoms with Gasteiger partial charge in [-0.25, -0.2) is 4.98 Å². The molecule has 26 heavy (non-hydrogen) atoms. The first kappa shape index (κ1) is 18.3. The SMILES string of the molecule is C[NH+](CC(=O)NC(C)(C)C)Cc1nc2scc(-c3ccco3)c2c(=O)[nH]1. The lowest BCUT2D eigenvalue weighted by Crippen LogP contribution is -3.09. The number of nitrogens with zero attached hydrogens (tertiary/aromatic N) is 1. The molecule has 8 heteroatoms. The summed E-state index contributed by atoms with van der Waals surface area (Å²) in [5.41, 5.74) is 0.298. The fourth-order valence-electron chi connectivity index (χ4n) is 2.78. The van der Waals surface area contributed by atoms with Crippen LogP contribution >= 0.6 is 11.3 Å². The summed E-state index contributed by atoms with van der Waals surface area (Å²) < 4.78 is 5.40. The Morgan fingerprint density at radius 1 is 1.42 bits per heavy atom. The molecule has 7 nitrogen and oxygen atoms in total. The molecule has 0 saturated heterocycles. The van der Waals surface area contributed by atoms with Crippen molar-refractivity contribution in [3.05, 3.63) is 40.0 Å². The van der Waals surface area contributed by atoms with E-state index in [0.717, 1.165) is 10.5 Å². The lowest BCUT2D eigenvalue weighted by molar-refractivity contribution is -0.886. The summed E-state index contributed by atoms with van der Waals surface area (Å²) in [4.78, 5) is 33.6. The number of hydrogen-bond donors (Lipinski definition) is 3. The highest BCUT2D eigenvalue weighted by Crippen LogP contribution is 2.30. The molecule has 0 fully saturated rings. The summed E-state index contributed by atoms with van der Waals surface area (Å²) in [7, 11) is 1.90. The van der Waals surface area contributed by atoms with Crippen molar-refractivity contribution in [2.45, 2.75) is 32.9 Å². The average Bonchev–Trinajstić information content (AvgIpc) is 3.12. The molecule has 0 aliphatic carbocycles. The maximum Gasteiger partial charge on any atom is 0.275 e. The van der Waals surface area contributed by atoms with E-state index in [9.17, 15) is 9.59 Å². The van der Waals surface area contributed by atoms with Crippen LogP contribution in [0.3, 0.4) is 0 Å². The Kier molecular flexibility index (Phi) is 4.97. The van der Waals surface area contributed by atoms with Gasteiger partial charge in [0.15, 0.2) is 12.4 Å². The van der Waals surface area contributed by atoms with E-state index in [0.29, 0.717) is 34.9 Å². The second kappa shape index (κ2) is 7.05. The number of amides is 1. The van der Waals surface area contributed by atoms with Gasteiger partial charge < -0.3 is 19.6 Å². The molecule has 3 aromatic rings. The van der Waals surface area contributed by atoms with Crippen LogP contribution in [-0.4, -0.2) is 35.0 Å². The number of fused-ring (bicyclic) bond motifs is 1. The monoisotopic (exact) mass is 375 g/mol. The van der Waals surface area contributed by atoms with E-state index in [-0.39, 0.29) is 17.0 Å². The number of nitrogens with one attached hydrogen (secondary N) is 3. The smallest absolute Gasteiger partial charge is 0.275 e. The standard InChI is InChI=1S/C18H22N4O3S/c1-18(2,3)21-14(23)9-22(4)8-13-19-16(24)15-11(10-26-17(15)20-13)12-6-5-7-25-12/h5-7,10H,8-9H2,1-4H3,(H,21,23)(H,19,20,24)/p+1. The van der Waals surface area contributed by atoms with Crippen LogP contribution in [0.5, 0.6) is 0 Å². The van der Waals surface area contributed by atoms with Crippen molar-refractivity contribution < 1.29 is 14.1 Å². The molecular formula is C18H23N4O3S+. The number of carbonyl (C=O) groups excluding carboxylic acids is 1. The molecule has 1 unspecified atom stereocenters. The number of aromatic amines is 1. The zero-order chi connectivity index (χ0) is 18.9. The Balaban J connectivity index is 1.78. The van der Waals surface area contributed by atoms with Gasteiger partial charge >= 0.3 is 0 Å². The van der Waals surface area contributed by atoms with E-state index in [1.807, 2.05) is 39.3 Å². The maximum atomic E-state index is 12.5. The number of hydrogen-bond acceptors (Lipinski definition) is 5. The zero-order valence-corrected chi connectivity index (χ0v) is 16.1. The Morgan fingerprint density at radius 2 is 2.19 bits per heavy atom. The maximum absolute atomic E-state index is 12.5. The predicted molar refractivity (Wildman–Crippen MR) is 101 cm³/mol. The van der Waals surface area contributed by atoms with Crippen molar-refractivity contribution >= 4 is 27.5 Å². The van der Waals surface area contributed by atoms with Crippen LogP contribution in [0.2, 0.25) is 0 Å². The summed E-state index contributed by atoms with van der Waals surface area (Å²) in [6.07, 6.45) is 1.58. The first-order valence-corrected chi connectivity index (χ1v) is 9.27. The van der Waals surface area contributed by atoms with Crippen molar-refractivity contribution in [2.24, 2.45) is 0 Å². The van der Waals surface area contributed by atoms with Gasteiger partial charge in [-0.3, -0.25) is 9.59 Å². The van der Waals surface area contributed by atoms with Crippen LogP contribution in [0.25, 0.3) is 21.5 Å². The topological polar surface area (TPSA) is 92.4 Å². The summed E-state index contributed by atoms with van der Waals surface area (Å²) in [5, 5.41) is 5.35. The van der Waals surface area contributed by atoms with Crippen molar-refractivity contribution in [3.8, 4) is 11.3 Å². The third-order valence-corrected chi connectivity index (χ3v) is 4.60. The zero-order valence-electron chi connectivity index (χ0n) is 15.3. The molecule has 0 saturated carbocycles. The van der Waals surface area contributed by atoms with E-state index in [2.05, 4.69) is 15.3 Å². The Morgan fingerprint density at radius 3 is 2.85 bits per heavy atom. The number of thiophene rings is 1. The summed E-state index contributed by atoms with van der Waals surface area (Å²) >= 11 is 1.41. The third-order valence-electron chi connectivity index (χ3n) is 3.73.